The lowest BCUT2D eigenvalue weighted by Gasteiger charge is -2.67. The molecule has 2 bridgehead atoms. The van der Waals surface area contributed by atoms with E-state index >= 15 is 0 Å². The van der Waals surface area contributed by atoms with Crippen LogP contribution in [0.4, 0.5) is 5.69 Å². The van der Waals surface area contributed by atoms with Gasteiger partial charge in [-0.2, -0.15) is 0 Å². The molecule has 0 aromatic heterocycles. The van der Waals surface area contributed by atoms with Crippen molar-refractivity contribution in [1.82, 2.24) is 9.80 Å². The number of hydrogen-bond acceptors (Lipinski definition) is 6. The quantitative estimate of drug-likeness (QED) is 0.625. The lowest BCUT2D eigenvalue weighted by molar-refractivity contribution is -0.196. The molecule has 2 N–H and O–H groups in total. The van der Waals surface area contributed by atoms with Crippen LogP contribution in [0, 0.1) is 11.3 Å². The molecule has 36 heavy (non-hydrogen) atoms. The van der Waals surface area contributed by atoms with Gasteiger partial charge in [0.25, 0.3) is 0 Å². The smallest absolute Gasteiger partial charge is 0.243 e. The van der Waals surface area contributed by atoms with Crippen molar-refractivity contribution in [2.75, 3.05) is 32.1 Å². The molecule has 8 nitrogen and oxygen atoms in total. The van der Waals surface area contributed by atoms with E-state index in [1.807, 2.05) is 24.1 Å². The summed E-state index contributed by atoms with van der Waals surface area (Å²) in [5.41, 5.74) is -1.34. The number of aliphatic hydroxyl groups excluding tert-OH is 1. The van der Waals surface area contributed by atoms with Gasteiger partial charge in [-0.25, -0.2) is 0 Å². The average molecular weight is 494 g/mol. The van der Waals surface area contributed by atoms with Crippen molar-refractivity contribution in [3.63, 3.8) is 0 Å². The molecule has 8 rings (SSSR count). The Kier molecular flexibility index (Phi) is 4.17. The molecule has 1 aliphatic carbocycles. The minimum absolute atomic E-state index is 0.0267. The molecule has 0 radical (unpaired) electrons. The van der Waals surface area contributed by atoms with Crippen molar-refractivity contribution in [2.24, 2.45) is 11.3 Å². The van der Waals surface area contributed by atoms with Crippen LogP contribution < -0.4 is 14.8 Å². The first-order valence-electron chi connectivity index (χ1n) is 13.2. The third kappa shape index (κ3) is 2.30. The zero-order chi connectivity index (χ0) is 25.3. The third-order valence-corrected chi connectivity index (χ3v) is 10.9. The van der Waals surface area contributed by atoms with Crippen LogP contribution in [0.2, 0.25) is 0 Å². The van der Waals surface area contributed by atoms with Gasteiger partial charge >= 0.3 is 0 Å². The number of hydrogen-bond donors (Lipinski definition) is 2. The first kappa shape index (κ1) is 22.6. The Morgan fingerprint density at radius 2 is 2.00 bits per heavy atom. The van der Waals surface area contributed by atoms with Gasteiger partial charge in [-0.15, -0.1) is 0 Å². The Bertz CT molecular complexity index is 1240. The normalized spacial score (nSPS) is 41.7. The Balaban J connectivity index is 1.39. The number of piperazine rings is 1. The molecule has 1 aromatic carbocycles. The van der Waals surface area contributed by atoms with Crippen molar-refractivity contribution in [1.29, 1.82) is 0 Å². The first-order chi connectivity index (χ1) is 17.0. The number of aliphatic hydroxyl groups is 1. The highest BCUT2D eigenvalue weighted by molar-refractivity contribution is 6.09. The fourth-order valence-corrected chi connectivity index (χ4v) is 8.93. The minimum Gasteiger partial charge on any atom is -0.477 e. The van der Waals surface area contributed by atoms with Gasteiger partial charge in [-0.3, -0.25) is 14.5 Å². The van der Waals surface area contributed by atoms with E-state index in [0.29, 0.717) is 23.6 Å². The van der Waals surface area contributed by atoms with Crippen LogP contribution in [0.15, 0.2) is 24.5 Å². The van der Waals surface area contributed by atoms with Crippen molar-refractivity contribution in [3.05, 3.63) is 30.0 Å². The summed E-state index contributed by atoms with van der Waals surface area (Å²) in [6.07, 6.45) is 7.74. The van der Waals surface area contributed by atoms with Crippen molar-refractivity contribution in [2.45, 2.75) is 75.0 Å². The maximum Gasteiger partial charge on any atom is 0.243 e. The van der Waals surface area contributed by atoms with Crippen molar-refractivity contribution >= 4 is 17.5 Å². The maximum absolute atomic E-state index is 14.2. The average Bonchev–Trinajstić information content (AvgIpc) is 3.16. The number of piperidine rings is 3. The number of likely N-dealkylation sites (N-methyl/N-ethyl adjacent to an activating group) is 1. The largest absolute Gasteiger partial charge is 0.477 e. The maximum atomic E-state index is 14.2. The predicted octanol–water partition coefficient (Wildman–Crippen LogP) is 2.80. The van der Waals surface area contributed by atoms with Crippen LogP contribution in [0.3, 0.4) is 0 Å². The summed E-state index contributed by atoms with van der Waals surface area (Å²) in [6, 6.07) is 3.86. The van der Waals surface area contributed by atoms with Crippen LogP contribution >= 0.6 is 0 Å². The van der Waals surface area contributed by atoms with E-state index in [1.54, 1.807) is 13.0 Å². The standard InChI is InChI=1S/C28H35N3O5/c1-24(2)19-13-26-9-5-6-11-31(26)15-27(19,30(4)23(26)34)14-28(24)17-7-8-18-21(20(17)29-22(28)33)35-12-10-25(3,16-32)36-18/h7-8,10,12,19,32H,5-6,9,11,13-16H2,1-4H3,(H,29,33)/t19-,25?,26-,27+,28+/m0/s1. The van der Waals surface area contributed by atoms with Crippen LogP contribution in [-0.4, -0.2) is 70.1 Å². The summed E-state index contributed by atoms with van der Waals surface area (Å²) >= 11 is 0. The Labute approximate surface area is 211 Å². The topological polar surface area (TPSA) is 91.3 Å². The highest BCUT2D eigenvalue weighted by atomic mass is 16.5. The summed E-state index contributed by atoms with van der Waals surface area (Å²) in [5.74, 6) is 1.37. The zero-order valence-electron chi connectivity index (χ0n) is 21.5. The lowest BCUT2D eigenvalue weighted by Crippen LogP contribution is -2.80. The number of fused-ring (bicyclic) bond motifs is 5. The molecule has 6 heterocycles. The van der Waals surface area contributed by atoms with Crippen molar-refractivity contribution < 1.29 is 24.2 Å². The van der Waals surface area contributed by atoms with E-state index in [9.17, 15) is 14.7 Å². The molecule has 4 saturated heterocycles. The molecule has 5 fully saturated rings. The zero-order valence-corrected chi connectivity index (χ0v) is 21.5. The molecule has 1 saturated carbocycles. The summed E-state index contributed by atoms with van der Waals surface area (Å²) in [7, 11) is 1.97. The number of carbonyl (C=O) groups excluding carboxylic acids is 2. The van der Waals surface area contributed by atoms with E-state index in [2.05, 4.69) is 24.1 Å². The summed E-state index contributed by atoms with van der Waals surface area (Å²) in [4.78, 5) is 32.5. The number of nitrogens with zero attached hydrogens (tertiary/aromatic N) is 2. The number of nitrogens with one attached hydrogen (secondary N) is 1. The molecule has 1 aromatic rings. The Morgan fingerprint density at radius 1 is 1.19 bits per heavy atom. The molecule has 1 unspecified atom stereocenters. The molecular weight excluding hydrogens is 458 g/mol. The van der Waals surface area contributed by atoms with Crippen molar-refractivity contribution in [3.8, 4) is 11.5 Å². The van der Waals surface area contributed by atoms with Gasteiger partial charge in [-0.1, -0.05) is 19.9 Å². The predicted molar refractivity (Wildman–Crippen MR) is 133 cm³/mol. The van der Waals surface area contributed by atoms with E-state index in [-0.39, 0.29) is 29.8 Å². The SMILES string of the molecule is CN1C(=O)[C@@]23CCCCN2C[C@@]12C[C@@]1(C(=O)Nc4c1ccc1c4OC=CC(C)(CO)O1)C(C)(C)[C@@H]2C3. The molecule has 3 spiro atoms. The molecule has 192 valence electrons. The summed E-state index contributed by atoms with van der Waals surface area (Å²) in [5, 5.41) is 13.0. The molecule has 2 amide bonds. The van der Waals surface area contributed by atoms with Gasteiger partial charge in [0.15, 0.2) is 17.1 Å². The van der Waals surface area contributed by atoms with Crippen LogP contribution in [0.25, 0.3) is 0 Å². The second-order valence-corrected chi connectivity index (χ2v) is 12.7. The van der Waals surface area contributed by atoms with Gasteiger partial charge in [0.1, 0.15) is 5.54 Å². The van der Waals surface area contributed by atoms with Gasteiger partial charge in [0.2, 0.25) is 11.8 Å². The number of benzene rings is 1. The third-order valence-electron chi connectivity index (χ3n) is 10.9. The molecule has 6 aliphatic heterocycles. The molecule has 7 aliphatic rings. The fourth-order valence-electron chi connectivity index (χ4n) is 8.93. The number of anilines is 1. The fraction of sp³-hybridized carbons (Fsp3) is 0.643. The van der Waals surface area contributed by atoms with Gasteiger partial charge in [-0.05, 0) is 74.6 Å². The van der Waals surface area contributed by atoms with E-state index in [4.69, 9.17) is 9.47 Å². The van der Waals surface area contributed by atoms with Crippen LogP contribution in [0.5, 0.6) is 11.5 Å². The summed E-state index contributed by atoms with van der Waals surface area (Å²) < 4.78 is 12.1. The van der Waals surface area contributed by atoms with E-state index in [0.717, 1.165) is 44.3 Å². The molecular formula is C28H35N3O5. The van der Waals surface area contributed by atoms with Crippen LogP contribution in [0.1, 0.15) is 58.4 Å². The monoisotopic (exact) mass is 493 g/mol. The van der Waals surface area contributed by atoms with Crippen LogP contribution in [-0.2, 0) is 15.0 Å². The first-order valence-corrected chi connectivity index (χ1v) is 13.2. The minimum atomic E-state index is -0.910. The van der Waals surface area contributed by atoms with Gasteiger partial charge < -0.3 is 24.8 Å². The highest BCUT2D eigenvalue weighted by Crippen LogP contribution is 2.72. The highest BCUT2D eigenvalue weighted by Gasteiger charge is 2.79. The summed E-state index contributed by atoms with van der Waals surface area (Å²) in [6.45, 7) is 7.84. The lowest BCUT2D eigenvalue weighted by atomic mass is 9.56. The van der Waals surface area contributed by atoms with Gasteiger partial charge in [0.05, 0.1) is 29.5 Å². The van der Waals surface area contributed by atoms with Gasteiger partial charge in [0, 0.05) is 13.6 Å². The Morgan fingerprint density at radius 3 is 2.78 bits per heavy atom. The number of amides is 2. The second-order valence-electron chi connectivity index (χ2n) is 12.7. The molecule has 5 atom stereocenters. The number of rotatable bonds is 1. The number of ether oxygens (including phenoxy) is 2. The second kappa shape index (κ2) is 6.64. The molecule has 8 heteroatoms. The number of carbonyl (C=O) groups is 2. The van der Waals surface area contributed by atoms with E-state index < -0.39 is 22.1 Å². The Hall–Kier alpha value is -2.58. The van der Waals surface area contributed by atoms with E-state index in [1.165, 1.54) is 6.26 Å².